The highest BCUT2D eigenvalue weighted by molar-refractivity contribution is 6.78. The number of rotatable bonds is 15. The van der Waals surface area contributed by atoms with Crippen LogP contribution in [0.3, 0.4) is 0 Å². The van der Waals surface area contributed by atoms with Crippen molar-refractivity contribution >= 4 is 23.6 Å². The highest BCUT2D eigenvalue weighted by atomic mass is 28.4. The number of carbonyl (C=O) groups excluding carboxylic acids is 1. The van der Waals surface area contributed by atoms with Gasteiger partial charge in [-0.1, -0.05) is 67.2 Å². The lowest BCUT2D eigenvalue weighted by molar-refractivity contribution is -0.140. The van der Waals surface area contributed by atoms with Gasteiger partial charge in [-0.25, -0.2) is 0 Å². The monoisotopic (exact) mass is 417 g/mol. The lowest BCUT2D eigenvalue weighted by Crippen LogP contribution is -2.51. The van der Waals surface area contributed by atoms with E-state index in [9.17, 15) is 4.79 Å². The molecular weight excluding hydrogens is 372 g/mol. The second kappa shape index (κ2) is 13.1. The Kier molecular flexibility index (Phi) is 13.0. The molecular formula is C21H45O4Si2. The van der Waals surface area contributed by atoms with Crippen LogP contribution in [-0.2, 0) is 18.1 Å². The van der Waals surface area contributed by atoms with E-state index in [4.69, 9.17) is 13.3 Å². The van der Waals surface area contributed by atoms with E-state index in [2.05, 4.69) is 34.6 Å². The lowest BCUT2D eigenvalue weighted by atomic mass is 10.1. The van der Waals surface area contributed by atoms with Crippen molar-refractivity contribution in [1.29, 1.82) is 0 Å². The van der Waals surface area contributed by atoms with Crippen molar-refractivity contribution in [3.05, 3.63) is 0 Å². The molecule has 4 nitrogen and oxygen atoms in total. The van der Waals surface area contributed by atoms with E-state index in [1.54, 1.807) is 0 Å². The number of carbonyl (C=O) groups is 1. The molecule has 0 rings (SSSR count). The third-order valence-corrected chi connectivity index (χ3v) is 14.0. The maximum atomic E-state index is 13.5. The third-order valence-electron chi connectivity index (χ3n) is 5.82. The summed E-state index contributed by atoms with van der Waals surface area (Å²) in [7, 11) is -3.96. The summed E-state index contributed by atoms with van der Waals surface area (Å²) in [5, 5.41) is -0.678. The predicted molar refractivity (Wildman–Crippen MR) is 119 cm³/mol. The number of hydrogen-bond donors (Lipinski definition) is 0. The SMILES string of the molecule is CCCCCC[Si](OC(=O)C(C)(CC)[Si](OCC)OCC)(C(C)C)C(C)C. The fourth-order valence-electron chi connectivity index (χ4n) is 3.64. The van der Waals surface area contributed by atoms with Gasteiger partial charge in [-0.15, -0.1) is 0 Å². The van der Waals surface area contributed by atoms with Crippen molar-refractivity contribution in [2.75, 3.05) is 13.2 Å². The molecule has 1 atom stereocenters. The molecule has 0 aromatic heterocycles. The van der Waals surface area contributed by atoms with Crippen LogP contribution in [0.5, 0.6) is 0 Å². The minimum Gasteiger partial charge on any atom is -0.518 e. The third kappa shape index (κ3) is 7.29. The Balaban J connectivity index is 5.60. The van der Waals surface area contributed by atoms with E-state index < -0.39 is 22.6 Å². The van der Waals surface area contributed by atoms with Crippen LogP contribution in [0, 0.1) is 0 Å². The average Bonchev–Trinajstić information content (AvgIpc) is 2.62. The van der Waals surface area contributed by atoms with Crippen molar-refractivity contribution in [2.24, 2.45) is 0 Å². The maximum absolute atomic E-state index is 13.5. The molecule has 0 aliphatic rings. The van der Waals surface area contributed by atoms with Gasteiger partial charge in [0.25, 0.3) is 14.3 Å². The first-order valence-electron chi connectivity index (χ1n) is 11.0. The standard InChI is InChI=1S/C21H45O4Si2/c1-10-14-15-16-17-27(18(5)6,19(7)8)25-20(22)21(9,11-2)26(23-12-3)24-13-4/h18-19H,10-17H2,1-9H3. The summed E-state index contributed by atoms with van der Waals surface area (Å²) in [4.78, 5) is 13.5. The Morgan fingerprint density at radius 3 is 1.81 bits per heavy atom. The number of unbranched alkanes of at least 4 members (excludes halogenated alkanes) is 3. The zero-order valence-corrected chi connectivity index (χ0v) is 21.4. The van der Waals surface area contributed by atoms with Crippen molar-refractivity contribution in [2.45, 2.75) is 117 Å². The molecule has 0 spiro atoms. The topological polar surface area (TPSA) is 44.8 Å². The summed E-state index contributed by atoms with van der Waals surface area (Å²) in [6.45, 7) is 20.2. The molecule has 0 aliphatic carbocycles. The molecule has 27 heavy (non-hydrogen) atoms. The van der Waals surface area contributed by atoms with Crippen LogP contribution < -0.4 is 0 Å². The molecule has 0 heterocycles. The summed E-state index contributed by atoms with van der Waals surface area (Å²) >= 11 is 0. The molecule has 0 amide bonds. The van der Waals surface area contributed by atoms with E-state index in [0.717, 1.165) is 12.5 Å². The summed E-state index contributed by atoms with van der Waals surface area (Å²) in [5.74, 6) is -0.0923. The van der Waals surface area contributed by atoms with Crippen LogP contribution in [0.1, 0.15) is 94.4 Å². The van der Waals surface area contributed by atoms with Crippen LogP contribution in [0.15, 0.2) is 0 Å². The van der Waals surface area contributed by atoms with Gasteiger partial charge in [0.05, 0.1) is 0 Å². The van der Waals surface area contributed by atoms with Gasteiger partial charge >= 0.3 is 9.28 Å². The molecule has 1 unspecified atom stereocenters. The largest absolute Gasteiger partial charge is 0.518 e. The summed E-state index contributed by atoms with van der Waals surface area (Å²) in [6, 6.07) is 1.05. The van der Waals surface area contributed by atoms with E-state index in [1.807, 2.05) is 27.7 Å². The fraction of sp³-hybridized carbons (Fsp3) is 0.952. The van der Waals surface area contributed by atoms with Crippen molar-refractivity contribution in [3.8, 4) is 0 Å². The van der Waals surface area contributed by atoms with Crippen LogP contribution >= 0.6 is 0 Å². The van der Waals surface area contributed by atoms with E-state index in [-0.39, 0.29) is 5.97 Å². The summed E-state index contributed by atoms with van der Waals surface area (Å²) < 4.78 is 18.3. The highest BCUT2D eigenvalue weighted by Gasteiger charge is 2.52. The Labute approximate surface area is 171 Å². The molecule has 0 saturated heterocycles. The second-order valence-corrected chi connectivity index (χ2v) is 15.5. The van der Waals surface area contributed by atoms with Crippen molar-refractivity contribution in [1.82, 2.24) is 0 Å². The van der Waals surface area contributed by atoms with Crippen LogP contribution in [0.4, 0.5) is 0 Å². The molecule has 161 valence electrons. The smallest absolute Gasteiger partial charge is 0.402 e. The Morgan fingerprint density at radius 2 is 1.44 bits per heavy atom. The average molecular weight is 418 g/mol. The minimum atomic E-state index is -2.23. The predicted octanol–water partition coefficient (Wildman–Crippen LogP) is 6.61. The molecule has 0 aromatic carbocycles. The van der Waals surface area contributed by atoms with Crippen LogP contribution in [0.2, 0.25) is 22.2 Å². The molecule has 0 saturated carbocycles. The molecule has 1 radical (unpaired) electrons. The zero-order chi connectivity index (χ0) is 21.1. The quantitative estimate of drug-likeness (QED) is 0.222. The first kappa shape index (κ1) is 26.8. The van der Waals surface area contributed by atoms with Crippen LogP contribution in [0.25, 0.3) is 0 Å². The van der Waals surface area contributed by atoms with E-state index in [0.29, 0.717) is 30.7 Å². The highest BCUT2D eigenvalue weighted by Crippen LogP contribution is 2.43. The summed E-state index contributed by atoms with van der Waals surface area (Å²) in [5.41, 5.74) is 0.804. The summed E-state index contributed by atoms with van der Waals surface area (Å²) in [6.07, 6.45) is 5.53. The van der Waals surface area contributed by atoms with Gasteiger partial charge in [0.1, 0.15) is 5.04 Å². The van der Waals surface area contributed by atoms with Crippen LogP contribution in [-0.4, -0.2) is 36.8 Å². The van der Waals surface area contributed by atoms with Gasteiger partial charge in [0.15, 0.2) is 0 Å². The van der Waals surface area contributed by atoms with Crippen molar-refractivity contribution < 1.29 is 18.1 Å². The minimum absolute atomic E-state index is 0.0923. The Hall–Kier alpha value is -0.176. The Morgan fingerprint density at radius 1 is 0.926 bits per heavy atom. The second-order valence-electron chi connectivity index (χ2n) is 8.30. The zero-order valence-electron chi connectivity index (χ0n) is 19.4. The van der Waals surface area contributed by atoms with Gasteiger partial charge in [-0.2, -0.15) is 0 Å². The molecule has 0 bridgehead atoms. The van der Waals surface area contributed by atoms with Gasteiger partial charge in [-0.3, -0.25) is 4.79 Å². The maximum Gasteiger partial charge on any atom is 0.402 e. The van der Waals surface area contributed by atoms with E-state index in [1.165, 1.54) is 19.3 Å². The first-order valence-corrected chi connectivity index (χ1v) is 14.6. The van der Waals surface area contributed by atoms with E-state index >= 15 is 0 Å². The van der Waals surface area contributed by atoms with Gasteiger partial charge in [-0.05, 0) is 44.3 Å². The first-order chi connectivity index (χ1) is 12.7. The van der Waals surface area contributed by atoms with Gasteiger partial charge in [0.2, 0.25) is 0 Å². The van der Waals surface area contributed by atoms with Gasteiger partial charge < -0.3 is 13.3 Å². The van der Waals surface area contributed by atoms with Crippen molar-refractivity contribution in [3.63, 3.8) is 0 Å². The molecule has 6 heteroatoms. The molecule has 0 fully saturated rings. The normalized spacial score (nSPS) is 14.8. The fourth-order valence-corrected chi connectivity index (χ4v) is 9.93. The lowest BCUT2D eigenvalue weighted by Gasteiger charge is -2.41. The molecule has 0 aliphatic heterocycles. The Bertz CT molecular complexity index is 401. The number of hydrogen-bond acceptors (Lipinski definition) is 4. The van der Waals surface area contributed by atoms with Gasteiger partial charge in [0, 0.05) is 13.2 Å². The molecule has 0 aromatic rings. The molecule has 0 N–H and O–H groups in total.